The predicted molar refractivity (Wildman–Crippen MR) is 144 cm³/mol. The molecule has 0 bridgehead atoms. The molecule has 11 nitrogen and oxygen atoms in total. The molecule has 0 aliphatic carbocycles. The van der Waals surface area contributed by atoms with Gasteiger partial charge in [0.25, 0.3) is 5.69 Å². The lowest BCUT2D eigenvalue weighted by molar-refractivity contribution is -0.384. The minimum Gasteiger partial charge on any atom is -0.466 e. The average molecular weight is 540 g/mol. The summed E-state index contributed by atoms with van der Waals surface area (Å²) in [6.07, 6.45) is 0.0985. The highest BCUT2D eigenvalue weighted by molar-refractivity contribution is 5.99. The summed E-state index contributed by atoms with van der Waals surface area (Å²) in [5.41, 5.74) is 3.31. The van der Waals surface area contributed by atoms with E-state index in [1.807, 2.05) is 24.3 Å². The van der Waals surface area contributed by atoms with E-state index in [1.54, 1.807) is 19.9 Å². The minimum absolute atomic E-state index is 0.0724. The SMILES string of the molecule is COC(=O)C1=C(C)NC(C)=C(C(=O)OCCc2ccc(NCCC(O)CO)cc2)C1c1cccc([N+](=O)[O-])c1. The van der Waals surface area contributed by atoms with Gasteiger partial charge in [-0.3, -0.25) is 10.1 Å². The zero-order valence-electron chi connectivity index (χ0n) is 22.1. The van der Waals surface area contributed by atoms with E-state index in [0.717, 1.165) is 11.3 Å². The molecule has 0 saturated carbocycles. The number of esters is 2. The standard InChI is InChI=1S/C28H33N3O8/c1-17-24(27(34)38-3)26(20-5-4-6-22(15-20)31(36)37)25(18(2)30-17)28(35)39-14-12-19-7-9-21(10-8-19)29-13-11-23(33)16-32/h4-10,15,23,26,29-30,32-33H,11-14,16H2,1-3H3. The first-order chi connectivity index (χ1) is 18.7. The maximum Gasteiger partial charge on any atom is 0.336 e. The Hall–Kier alpha value is -4.22. The second kappa shape index (κ2) is 13.5. The topological polar surface area (TPSA) is 160 Å². The number of aliphatic hydroxyl groups excluding tert-OH is 2. The fraction of sp³-hybridized carbons (Fsp3) is 0.357. The lowest BCUT2D eigenvalue weighted by atomic mass is 9.80. The van der Waals surface area contributed by atoms with Crippen LogP contribution in [0.25, 0.3) is 0 Å². The number of dihydropyridines is 1. The fourth-order valence-corrected chi connectivity index (χ4v) is 4.40. The summed E-state index contributed by atoms with van der Waals surface area (Å²) >= 11 is 0. The maximum atomic E-state index is 13.3. The second-order valence-corrected chi connectivity index (χ2v) is 9.11. The first-order valence-electron chi connectivity index (χ1n) is 12.5. The van der Waals surface area contributed by atoms with Gasteiger partial charge < -0.3 is 30.3 Å². The molecule has 4 N–H and O–H groups in total. The first-order valence-corrected chi connectivity index (χ1v) is 12.5. The van der Waals surface area contributed by atoms with Crippen molar-refractivity contribution in [2.24, 2.45) is 0 Å². The van der Waals surface area contributed by atoms with E-state index in [-0.39, 0.29) is 30.0 Å². The molecular weight excluding hydrogens is 506 g/mol. The van der Waals surface area contributed by atoms with Gasteiger partial charge >= 0.3 is 11.9 Å². The van der Waals surface area contributed by atoms with Crippen LogP contribution in [-0.2, 0) is 25.5 Å². The smallest absolute Gasteiger partial charge is 0.336 e. The second-order valence-electron chi connectivity index (χ2n) is 9.11. The van der Waals surface area contributed by atoms with Crippen LogP contribution in [0.1, 0.15) is 37.3 Å². The van der Waals surface area contributed by atoms with Crippen molar-refractivity contribution in [2.45, 2.75) is 38.7 Å². The van der Waals surface area contributed by atoms with Crippen LogP contribution in [0.15, 0.2) is 71.1 Å². The highest BCUT2D eigenvalue weighted by atomic mass is 16.6. The van der Waals surface area contributed by atoms with Crippen LogP contribution < -0.4 is 10.6 Å². The number of nitro benzene ring substituents is 1. The molecule has 0 saturated heterocycles. The van der Waals surface area contributed by atoms with E-state index in [4.69, 9.17) is 14.6 Å². The van der Waals surface area contributed by atoms with Crippen LogP contribution in [0.4, 0.5) is 11.4 Å². The van der Waals surface area contributed by atoms with Crippen molar-refractivity contribution in [1.82, 2.24) is 5.32 Å². The number of nitro groups is 1. The van der Waals surface area contributed by atoms with E-state index in [1.165, 1.54) is 25.3 Å². The quantitative estimate of drug-likeness (QED) is 0.179. The van der Waals surface area contributed by atoms with E-state index in [2.05, 4.69) is 10.6 Å². The summed E-state index contributed by atoms with van der Waals surface area (Å²) in [7, 11) is 1.23. The van der Waals surface area contributed by atoms with Gasteiger partial charge in [-0.15, -0.1) is 0 Å². The number of anilines is 1. The third-order valence-electron chi connectivity index (χ3n) is 6.40. The van der Waals surface area contributed by atoms with Crippen LogP contribution >= 0.6 is 0 Å². The number of ether oxygens (including phenoxy) is 2. The monoisotopic (exact) mass is 539 g/mol. The van der Waals surface area contributed by atoms with Gasteiger partial charge in [-0.2, -0.15) is 0 Å². The van der Waals surface area contributed by atoms with Crippen molar-refractivity contribution < 1.29 is 34.2 Å². The van der Waals surface area contributed by atoms with Crippen molar-refractivity contribution >= 4 is 23.3 Å². The number of rotatable bonds is 12. The van der Waals surface area contributed by atoms with Crippen LogP contribution in [0.5, 0.6) is 0 Å². The molecule has 0 amide bonds. The molecule has 1 aliphatic rings. The Labute approximate surface area is 226 Å². The minimum atomic E-state index is -0.916. The molecule has 2 unspecified atom stereocenters. The summed E-state index contributed by atoms with van der Waals surface area (Å²) in [4.78, 5) is 36.9. The lowest BCUT2D eigenvalue weighted by Crippen LogP contribution is -2.32. The number of aliphatic hydroxyl groups is 2. The van der Waals surface area contributed by atoms with Crippen molar-refractivity contribution in [3.05, 3.63) is 92.3 Å². The number of allylic oxidation sites excluding steroid dienone is 2. The number of methoxy groups -OCH3 is 1. The highest BCUT2D eigenvalue weighted by Gasteiger charge is 2.38. The zero-order valence-corrected chi connectivity index (χ0v) is 22.1. The first kappa shape index (κ1) is 29.3. The predicted octanol–water partition coefficient (Wildman–Crippen LogP) is 2.94. The number of benzene rings is 2. The third kappa shape index (κ3) is 7.43. The number of carbonyl (C=O) groups is 2. The van der Waals surface area contributed by atoms with E-state index in [0.29, 0.717) is 36.3 Å². The Bertz CT molecular complexity index is 1270. The summed E-state index contributed by atoms with van der Waals surface area (Å²) in [5, 5.41) is 35.9. The van der Waals surface area contributed by atoms with Gasteiger partial charge in [0.2, 0.25) is 0 Å². The van der Waals surface area contributed by atoms with Gasteiger partial charge in [0.05, 0.1) is 48.4 Å². The van der Waals surface area contributed by atoms with E-state index < -0.39 is 28.9 Å². The van der Waals surface area contributed by atoms with Crippen molar-refractivity contribution in [1.29, 1.82) is 0 Å². The molecule has 2 aromatic rings. The summed E-state index contributed by atoms with van der Waals surface area (Å²) in [5.74, 6) is -2.22. The normalized spacial score (nSPS) is 15.9. The maximum absolute atomic E-state index is 13.3. The molecular formula is C28H33N3O8. The molecule has 1 heterocycles. The number of hydrogen-bond donors (Lipinski definition) is 4. The van der Waals surface area contributed by atoms with Crippen LogP contribution in [0, 0.1) is 10.1 Å². The molecule has 3 rings (SSSR count). The molecule has 0 fully saturated rings. The lowest BCUT2D eigenvalue weighted by Gasteiger charge is -2.30. The highest BCUT2D eigenvalue weighted by Crippen LogP contribution is 2.40. The van der Waals surface area contributed by atoms with Crippen LogP contribution in [0.2, 0.25) is 0 Å². The molecule has 208 valence electrons. The molecule has 0 radical (unpaired) electrons. The number of carbonyl (C=O) groups excluding carboxylic acids is 2. The fourth-order valence-electron chi connectivity index (χ4n) is 4.40. The van der Waals surface area contributed by atoms with Gasteiger partial charge in [0, 0.05) is 42.2 Å². The Morgan fingerprint density at radius 1 is 1.10 bits per heavy atom. The third-order valence-corrected chi connectivity index (χ3v) is 6.40. The molecule has 2 aromatic carbocycles. The molecule has 2 atom stereocenters. The molecule has 0 spiro atoms. The van der Waals surface area contributed by atoms with Crippen molar-refractivity contribution in [3.63, 3.8) is 0 Å². The number of nitrogens with zero attached hydrogens (tertiary/aromatic N) is 1. The van der Waals surface area contributed by atoms with Gasteiger partial charge in [0.1, 0.15) is 0 Å². The molecule has 1 aliphatic heterocycles. The average Bonchev–Trinajstić information content (AvgIpc) is 2.92. The largest absolute Gasteiger partial charge is 0.466 e. The van der Waals surface area contributed by atoms with Gasteiger partial charge in [0.15, 0.2) is 0 Å². The molecule has 39 heavy (non-hydrogen) atoms. The Kier molecular flexibility index (Phi) is 10.2. The van der Waals surface area contributed by atoms with Crippen LogP contribution in [0.3, 0.4) is 0 Å². The zero-order chi connectivity index (χ0) is 28.5. The number of non-ortho nitro benzene ring substituents is 1. The number of nitrogens with one attached hydrogen (secondary N) is 2. The van der Waals surface area contributed by atoms with Crippen molar-refractivity contribution in [2.75, 3.05) is 32.2 Å². The molecule has 0 aromatic heterocycles. The number of hydrogen-bond acceptors (Lipinski definition) is 10. The van der Waals surface area contributed by atoms with E-state index in [9.17, 15) is 24.8 Å². The van der Waals surface area contributed by atoms with E-state index >= 15 is 0 Å². The summed E-state index contributed by atoms with van der Waals surface area (Å²) < 4.78 is 10.6. The Morgan fingerprint density at radius 3 is 2.38 bits per heavy atom. The molecule has 11 heteroatoms. The summed E-state index contributed by atoms with van der Waals surface area (Å²) in [6.45, 7) is 3.66. The van der Waals surface area contributed by atoms with Gasteiger partial charge in [-0.05, 0) is 43.5 Å². The Morgan fingerprint density at radius 2 is 1.77 bits per heavy atom. The Balaban J connectivity index is 1.74. The van der Waals surface area contributed by atoms with Crippen molar-refractivity contribution in [3.8, 4) is 0 Å². The van der Waals surface area contributed by atoms with Gasteiger partial charge in [-0.25, -0.2) is 9.59 Å². The summed E-state index contributed by atoms with van der Waals surface area (Å²) in [6, 6.07) is 13.3. The van der Waals surface area contributed by atoms with Gasteiger partial charge in [-0.1, -0.05) is 24.3 Å². The van der Waals surface area contributed by atoms with Crippen LogP contribution in [-0.4, -0.2) is 60.0 Å².